The minimum Gasteiger partial charge on any atom is -0.379 e. The summed E-state index contributed by atoms with van der Waals surface area (Å²) in [6, 6.07) is 6.89. The maximum atomic E-state index is 13.7. The average molecular weight is 322 g/mol. The zero-order chi connectivity index (χ0) is 16.8. The van der Waals surface area contributed by atoms with E-state index in [1.165, 1.54) is 6.07 Å². The van der Waals surface area contributed by atoms with Gasteiger partial charge in [-0.15, -0.1) is 0 Å². The van der Waals surface area contributed by atoms with E-state index >= 15 is 0 Å². The molecule has 23 heavy (non-hydrogen) atoms. The lowest BCUT2D eigenvalue weighted by Gasteiger charge is -2.34. The summed E-state index contributed by atoms with van der Waals surface area (Å²) >= 11 is 0. The van der Waals surface area contributed by atoms with Crippen molar-refractivity contribution in [2.75, 3.05) is 61.0 Å². The number of hydrogen-bond donors (Lipinski definition) is 0. The molecule has 0 amide bonds. The van der Waals surface area contributed by atoms with Crippen LogP contribution >= 0.6 is 0 Å². The first-order valence-corrected chi connectivity index (χ1v) is 7.95. The molecule has 1 heterocycles. The predicted molar refractivity (Wildman–Crippen MR) is 91.2 cm³/mol. The van der Waals surface area contributed by atoms with Crippen molar-refractivity contribution in [3.05, 3.63) is 35.6 Å². The van der Waals surface area contributed by atoms with Gasteiger partial charge >= 0.3 is 0 Å². The number of hydrogen-bond acceptors (Lipinski definition) is 3. The molecule has 5 nitrogen and oxygen atoms in total. The zero-order valence-corrected chi connectivity index (χ0v) is 14.5. The van der Waals surface area contributed by atoms with E-state index in [-0.39, 0.29) is 11.9 Å². The Hall–Kier alpha value is -1.66. The Morgan fingerprint density at radius 1 is 1.22 bits per heavy atom. The van der Waals surface area contributed by atoms with Crippen molar-refractivity contribution in [2.24, 2.45) is 4.99 Å². The number of rotatable bonds is 4. The van der Waals surface area contributed by atoms with Crippen molar-refractivity contribution in [1.82, 2.24) is 14.7 Å². The van der Waals surface area contributed by atoms with Crippen molar-refractivity contribution in [3.8, 4) is 0 Å². The van der Waals surface area contributed by atoms with Crippen LogP contribution in [0.25, 0.3) is 0 Å². The summed E-state index contributed by atoms with van der Waals surface area (Å²) in [5.41, 5.74) is 0.965. The lowest BCUT2D eigenvalue weighted by molar-refractivity contribution is 0.0178. The van der Waals surface area contributed by atoms with Gasteiger partial charge in [-0.05, 0) is 17.7 Å². The predicted octanol–water partition coefficient (Wildman–Crippen LogP) is 1.68. The van der Waals surface area contributed by atoms with Crippen LogP contribution in [-0.2, 0) is 4.74 Å². The van der Waals surface area contributed by atoms with Gasteiger partial charge in [-0.25, -0.2) is 4.39 Å². The summed E-state index contributed by atoms with van der Waals surface area (Å²) < 4.78 is 19.1. The van der Waals surface area contributed by atoms with E-state index < -0.39 is 0 Å². The summed E-state index contributed by atoms with van der Waals surface area (Å²) in [6.07, 6.45) is 0. The molecule has 1 fully saturated rings. The van der Waals surface area contributed by atoms with Gasteiger partial charge in [-0.2, -0.15) is 0 Å². The monoisotopic (exact) mass is 322 g/mol. The number of guanidine groups is 1. The molecular weight excluding hydrogens is 295 g/mol. The van der Waals surface area contributed by atoms with E-state index in [2.05, 4.69) is 4.90 Å². The van der Waals surface area contributed by atoms with Crippen molar-refractivity contribution < 1.29 is 9.13 Å². The van der Waals surface area contributed by atoms with E-state index in [9.17, 15) is 4.39 Å². The first kappa shape index (κ1) is 17.7. The van der Waals surface area contributed by atoms with Crippen LogP contribution in [0.3, 0.4) is 0 Å². The number of nitrogens with zero attached hydrogens (tertiary/aromatic N) is 4. The maximum Gasteiger partial charge on any atom is 0.195 e. The molecule has 0 N–H and O–H groups in total. The summed E-state index contributed by atoms with van der Waals surface area (Å²) in [7, 11) is 7.91. The highest BCUT2D eigenvalue weighted by Gasteiger charge is 2.23. The number of aliphatic imine (C=N–C) groups is 1. The van der Waals surface area contributed by atoms with E-state index in [1.54, 1.807) is 12.1 Å². The summed E-state index contributed by atoms with van der Waals surface area (Å²) in [5, 5.41) is 0. The molecule has 1 saturated heterocycles. The largest absolute Gasteiger partial charge is 0.379 e. The molecule has 0 aliphatic carbocycles. The van der Waals surface area contributed by atoms with Gasteiger partial charge < -0.3 is 14.5 Å². The second kappa shape index (κ2) is 8.26. The Morgan fingerprint density at radius 2 is 1.87 bits per heavy atom. The second-order valence-corrected chi connectivity index (χ2v) is 6.15. The molecule has 1 atom stereocenters. The molecule has 1 aromatic rings. The van der Waals surface area contributed by atoms with Crippen LogP contribution in [-0.4, -0.2) is 81.7 Å². The molecule has 128 valence electrons. The molecule has 6 heteroatoms. The fraction of sp³-hybridized carbons (Fsp3) is 0.588. The Balaban J connectivity index is 2.24. The van der Waals surface area contributed by atoms with E-state index in [0.29, 0.717) is 19.8 Å². The van der Waals surface area contributed by atoms with Gasteiger partial charge in [-0.3, -0.25) is 9.89 Å². The maximum absolute atomic E-state index is 13.7. The lowest BCUT2D eigenvalue weighted by atomic mass is 10.0. The van der Waals surface area contributed by atoms with E-state index in [0.717, 1.165) is 24.6 Å². The fourth-order valence-corrected chi connectivity index (χ4v) is 2.89. The quantitative estimate of drug-likeness (QED) is 0.623. The molecule has 2 rings (SSSR count). The minimum atomic E-state index is -0.204. The van der Waals surface area contributed by atoms with Crippen LogP contribution in [0.1, 0.15) is 11.6 Å². The standard InChI is InChI=1S/C17H27FN4O/c1-20(2)17(21(3)4)19-13-16(22-8-10-23-11-9-22)14-6-5-7-15(18)12-14/h5-7,12,16H,8-11,13H2,1-4H3. The number of ether oxygens (including phenoxy) is 1. The molecule has 0 spiro atoms. The SMILES string of the molecule is CN(C)C(=NCC(c1cccc(F)c1)N1CCOCC1)N(C)C. The highest BCUT2D eigenvalue weighted by atomic mass is 19.1. The lowest BCUT2D eigenvalue weighted by Crippen LogP contribution is -2.41. The summed E-state index contributed by atoms with van der Waals surface area (Å²) in [4.78, 5) is 11.1. The van der Waals surface area contributed by atoms with Crippen LogP contribution in [0.5, 0.6) is 0 Å². The van der Waals surface area contributed by atoms with Crippen molar-refractivity contribution in [1.29, 1.82) is 0 Å². The van der Waals surface area contributed by atoms with Crippen LogP contribution < -0.4 is 0 Å². The first-order chi connectivity index (χ1) is 11.0. The van der Waals surface area contributed by atoms with E-state index in [4.69, 9.17) is 9.73 Å². The Bertz CT molecular complexity index is 517. The fourth-order valence-electron chi connectivity index (χ4n) is 2.89. The van der Waals surface area contributed by atoms with Crippen LogP contribution in [0.2, 0.25) is 0 Å². The molecule has 1 aliphatic rings. The average Bonchev–Trinajstić information content (AvgIpc) is 2.51. The van der Waals surface area contributed by atoms with Crippen LogP contribution in [0.4, 0.5) is 4.39 Å². The topological polar surface area (TPSA) is 31.3 Å². The molecule has 1 aliphatic heterocycles. The molecule has 0 radical (unpaired) electrons. The Labute approximate surface area is 138 Å². The summed E-state index contributed by atoms with van der Waals surface area (Å²) in [5.74, 6) is 0.699. The molecule has 0 bridgehead atoms. The molecular formula is C17H27FN4O. The van der Waals surface area contributed by atoms with Crippen molar-refractivity contribution in [2.45, 2.75) is 6.04 Å². The van der Waals surface area contributed by atoms with Gasteiger partial charge in [-0.1, -0.05) is 12.1 Å². The Kier molecular flexibility index (Phi) is 6.36. The minimum absolute atomic E-state index is 0.0597. The van der Waals surface area contributed by atoms with Gasteiger partial charge in [0.25, 0.3) is 0 Å². The molecule has 1 aromatic carbocycles. The number of morpholine rings is 1. The second-order valence-electron chi connectivity index (χ2n) is 6.15. The molecule has 0 aromatic heterocycles. The van der Waals surface area contributed by atoms with E-state index in [1.807, 2.05) is 44.1 Å². The summed E-state index contributed by atoms with van der Waals surface area (Å²) in [6.45, 7) is 3.70. The van der Waals surface area contributed by atoms with Crippen molar-refractivity contribution in [3.63, 3.8) is 0 Å². The van der Waals surface area contributed by atoms with Gasteiger partial charge in [0.1, 0.15) is 5.82 Å². The third-order valence-electron chi connectivity index (χ3n) is 3.93. The van der Waals surface area contributed by atoms with Crippen molar-refractivity contribution >= 4 is 5.96 Å². The van der Waals surface area contributed by atoms with Gasteiger partial charge in [0.05, 0.1) is 25.8 Å². The highest BCUT2D eigenvalue weighted by Crippen LogP contribution is 2.23. The van der Waals surface area contributed by atoms with Crippen LogP contribution in [0.15, 0.2) is 29.3 Å². The first-order valence-electron chi connectivity index (χ1n) is 7.95. The highest BCUT2D eigenvalue weighted by molar-refractivity contribution is 5.79. The van der Waals surface area contributed by atoms with Crippen LogP contribution in [0, 0.1) is 5.82 Å². The molecule has 1 unspecified atom stereocenters. The third-order valence-corrected chi connectivity index (χ3v) is 3.93. The van der Waals surface area contributed by atoms with Gasteiger partial charge in [0, 0.05) is 41.3 Å². The smallest absolute Gasteiger partial charge is 0.195 e. The number of halogens is 1. The normalized spacial score (nSPS) is 16.7. The zero-order valence-electron chi connectivity index (χ0n) is 14.5. The number of benzene rings is 1. The van der Waals surface area contributed by atoms with Gasteiger partial charge in [0.15, 0.2) is 5.96 Å². The van der Waals surface area contributed by atoms with Gasteiger partial charge in [0.2, 0.25) is 0 Å². The molecule has 0 saturated carbocycles. The third kappa shape index (κ3) is 4.91. The Morgan fingerprint density at radius 3 is 2.43 bits per heavy atom.